The second-order valence-corrected chi connectivity index (χ2v) is 8.13. The molecule has 0 aliphatic heterocycles. The van der Waals surface area contributed by atoms with Gasteiger partial charge in [0.25, 0.3) is 0 Å². The van der Waals surface area contributed by atoms with Crippen molar-refractivity contribution >= 4 is 45.5 Å². The van der Waals surface area contributed by atoms with Gasteiger partial charge in [0.1, 0.15) is 11.5 Å². The van der Waals surface area contributed by atoms with Crippen LogP contribution in [0, 0.1) is 6.92 Å². The van der Waals surface area contributed by atoms with E-state index in [2.05, 4.69) is 15.3 Å². The number of aryl methyl sites for hydroxylation is 1. The number of rotatable bonds is 7. The minimum absolute atomic E-state index is 0.106. The molecule has 0 aliphatic rings. The Balaban J connectivity index is 1.65. The van der Waals surface area contributed by atoms with Crippen molar-refractivity contribution in [2.75, 3.05) is 25.3 Å². The van der Waals surface area contributed by atoms with E-state index in [0.717, 1.165) is 21.3 Å². The number of thioether (sulfide) groups is 1. The lowest BCUT2D eigenvalue weighted by Crippen LogP contribution is -2.13. The summed E-state index contributed by atoms with van der Waals surface area (Å²) in [5.41, 5.74) is 2.56. The van der Waals surface area contributed by atoms with Crippen molar-refractivity contribution in [1.29, 1.82) is 0 Å². The van der Waals surface area contributed by atoms with Gasteiger partial charge in [-0.3, -0.25) is 4.79 Å². The zero-order valence-corrected chi connectivity index (χ0v) is 16.9. The maximum Gasteiger partial charge on any atom is 0.236 e. The van der Waals surface area contributed by atoms with E-state index in [9.17, 15) is 4.79 Å². The van der Waals surface area contributed by atoms with Crippen LogP contribution in [-0.2, 0) is 4.79 Å². The second-order valence-electron chi connectivity index (χ2n) is 5.20. The van der Waals surface area contributed by atoms with E-state index >= 15 is 0 Å². The summed E-state index contributed by atoms with van der Waals surface area (Å²) in [5.74, 6) is 1.57. The minimum Gasteiger partial charge on any atom is -0.497 e. The molecule has 0 radical (unpaired) electrons. The van der Waals surface area contributed by atoms with Gasteiger partial charge in [0.15, 0.2) is 9.47 Å². The van der Waals surface area contributed by atoms with Crippen LogP contribution in [0.5, 0.6) is 11.5 Å². The Bertz CT molecular complexity index is 908. The first-order chi connectivity index (χ1) is 12.6. The Morgan fingerprint density at radius 1 is 1.19 bits per heavy atom. The highest BCUT2D eigenvalue weighted by atomic mass is 32.2. The van der Waals surface area contributed by atoms with Crippen LogP contribution in [0.1, 0.15) is 5.69 Å². The number of hydrogen-bond acceptors (Lipinski definition) is 8. The van der Waals surface area contributed by atoms with E-state index in [1.165, 1.54) is 23.1 Å². The molecule has 0 atom stereocenters. The zero-order valence-electron chi connectivity index (χ0n) is 14.4. The van der Waals surface area contributed by atoms with Crippen LogP contribution in [0.2, 0.25) is 0 Å². The van der Waals surface area contributed by atoms with Gasteiger partial charge in [0, 0.05) is 28.1 Å². The van der Waals surface area contributed by atoms with E-state index in [-0.39, 0.29) is 5.91 Å². The van der Waals surface area contributed by atoms with Gasteiger partial charge in [-0.1, -0.05) is 11.8 Å². The molecule has 2 aromatic heterocycles. The average Bonchev–Trinajstić information content (AvgIpc) is 3.28. The summed E-state index contributed by atoms with van der Waals surface area (Å²) >= 11 is 4.34. The summed E-state index contributed by atoms with van der Waals surface area (Å²) in [7, 11) is 3.21. The fraction of sp³-hybridized carbons (Fsp3) is 0.235. The molecule has 2 heterocycles. The van der Waals surface area contributed by atoms with Crippen molar-refractivity contribution in [3.63, 3.8) is 0 Å². The third kappa shape index (κ3) is 4.54. The van der Waals surface area contributed by atoms with Crippen LogP contribution in [0.15, 0.2) is 33.3 Å². The van der Waals surface area contributed by atoms with E-state index in [1.807, 2.05) is 29.8 Å². The molecule has 0 spiro atoms. The molecule has 0 bridgehead atoms. The first-order valence-corrected chi connectivity index (χ1v) is 10.4. The monoisotopic (exact) mass is 407 g/mol. The molecular formula is C17H17N3O3S3. The Labute approximate surface area is 163 Å². The predicted octanol–water partition coefficient (Wildman–Crippen LogP) is 4.32. The quantitative estimate of drug-likeness (QED) is 0.588. The number of carbonyl (C=O) groups excluding carboxylic acids is 1. The van der Waals surface area contributed by atoms with Crippen LogP contribution in [0.4, 0.5) is 5.13 Å². The van der Waals surface area contributed by atoms with Crippen molar-refractivity contribution in [1.82, 2.24) is 9.97 Å². The highest BCUT2D eigenvalue weighted by Gasteiger charge is 2.13. The molecule has 6 nitrogen and oxygen atoms in total. The Hall–Kier alpha value is -2.10. The molecule has 0 aliphatic carbocycles. The number of aromatic nitrogens is 2. The number of nitrogens with zero attached hydrogens (tertiary/aromatic N) is 2. The molecule has 0 saturated heterocycles. The number of methoxy groups -OCH3 is 2. The summed E-state index contributed by atoms with van der Waals surface area (Å²) in [6.45, 7) is 1.94. The Morgan fingerprint density at radius 2 is 2.04 bits per heavy atom. The lowest BCUT2D eigenvalue weighted by atomic mass is 10.1. The molecule has 3 aromatic rings. The Morgan fingerprint density at radius 3 is 2.73 bits per heavy atom. The van der Waals surface area contributed by atoms with Gasteiger partial charge in [-0.25, -0.2) is 9.97 Å². The number of hydrogen-bond donors (Lipinski definition) is 1. The molecule has 0 saturated carbocycles. The number of benzene rings is 1. The molecule has 3 rings (SSSR count). The van der Waals surface area contributed by atoms with Gasteiger partial charge in [-0.05, 0) is 19.1 Å². The van der Waals surface area contributed by atoms with Crippen LogP contribution in [0.3, 0.4) is 0 Å². The largest absolute Gasteiger partial charge is 0.497 e. The first kappa shape index (κ1) is 18.7. The number of carbonyl (C=O) groups is 1. The second kappa shape index (κ2) is 8.52. The van der Waals surface area contributed by atoms with E-state index < -0.39 is 0 Å². The van der Waals surface area contributed by atoms with Crippen molar-refractivity contribution in [3.8, 4) is 22.8 Å². The third-order valence-electron chi connectivity index (χ3n) is 3.36. The normalized spacial score (nSPS) is 10.6. The first-order valence-electron chi connectivity index (χ1n) is 7.61. The van der Waals surface area contributed by atoms with Gasteiger partial charge in [0.05, 0.1) is 25.7 Å². The van der Waals surface area contributed by atoms with Crippen LogP contribution >= 0.6 is 34.4 Å². The van der Waals surface area contributed by atoms with Crippen molar-refractivity contribution in [3.05, 3.63) is 34.7 Å². The van der Waals surface area contributed by atoms with Gasteiger partial charge in [-0.15, -0.1) is 22.7 Å². The van der Waals surface area contributed by atoms with E-state index in [0.29, 0.717) is 22.4 Å². The fourth-order valence-corrected chi connectivity index (χ4v) is 4.52. The van der Waals surface area contributed by atoms with Gasteiger partial charge < -0.3 is 14.8 Å². The molecule has 26 heavy (non-hydrogen) atoms. The van der Waals surface area contributed by atoms with Gasteiger partial charge >= 0.3 is 0 Å². The summed E-state index contributed by atoms with van der Waals surface area (Å²) in [6, 6.07) is 5.54. The van der Waals surface area contributed by atoms with Crippen molar-refractivity contribution in [2.45, 2.75) is 11.3 Å². The van der Waals surface area contributed by atoms with Gasteiger partial charge in [0.2, 0.25) is 5.91 Å². The SMILES string of the molecule is COc1ccc(-c2csc(NC(=O)CSc3nc(C)cs3)n2)c(OC)c1. The maximum absolute atomic E-state index is 12.1. The summed E-state index contributed by atoms with van der Waals surface area (Å²) in [6.07, 6.45) is 0. The van der Waals surface area contributed by atoms with Crippen LogP contribution in [0.25, 0.3) is 11.3 Å². The topological polar surface area (TPSA) is 73.3 Å². The van der Waals surface area contributed by atoms with Crippen molar-refractivity contribution in [2.24, 2.45) is 0 Å². The smallest absolute Gasteiger partial charge is 0.236 e. The predicted molar refractivity (Wildman–Crippen MR) is 107 cm³/mol. The number of anilines is 1. The van der Waals surface area contributed by atoms with E-state index in [4.69, 9.17) is 9.47 Å². The molecule has 1 amide bonds. The van der Waals surface area contributed by atoms with Crippen LogP contribution in [-0.4, -0.2) is 35.8 Å². The third-order valence-corrected chi connectivity index (χ3v) is 6.26. The molecule has 1 N–H and O–H groups in total. The molecular weight excluding hydrogens is 390 g/mol. The molecule has 136 valence electrons. The summed E-state index contributed by atoms with van der Waals surface area (Å²) < 4.78 is 11.5. The highest BCUT2D eigenvalue weighted by molar-refractivity contribution is 8.01. The number of thiazole rings is 2. The van der Waals surface area contributed by atoms with Crippen LogP contribution < -0.4 is 14.8 Å². The minimum atomic E-state index is -0.106. The Kier molecular flexibility index (Phi) is 6.12. The van der Waals surface area contributed by atoms with E-state index in [1.54, 1.807) is 31.6 Å². The lowest BCUT2D eigenvalue weighted by Gasteiger charge is -2.08. The average molecular weight is 408 g/mol. The van der Waals surface area contributed by atoms with Gasteiger partial charge in [-0.2, -0.15) is 0 Å². The number of ether oxygens (including phenoxy) is 2. The lowest BCUT2D eigenvalue weighted by molar-refractivity contribution is -0.113. The maximum atomic E-state index is 12.1. The summed E-state index contributed by atoms with van der Waals surface area (Å²) in [4.78, 5) is 20.9. The molecule has 0 unspecified atom stereocenters. The number of nitrogens with one attached hydrogen (secondary N) is 1. The standard InChI is InChI=1S/C17H17N3O3S3/c1-10-7-25-17(18-10)26-9-15(21)20-16-19-13(8-24-16)12-5-4-11(22-2)6-14(12)23-3/h4-8H,9H2,1-3H3,(H,19,20,21). The molecule has 1 aromatic carbocycles. The summed E-state index contributed by atoms with van der Waals surface area (Å²) in [5, 5.41) is 7.24. The van der Waals surface area contributed by atoms with Crippen molar-refractivity contribution < 1.29 is 14.3 Å². The number of amides is 1. The molecule has 9 heteroatoms. The molecule has 0 fully saturated rings. The highest BCUT2D eigenvalue weighted by Crippen LogP contribution is 2.35. The zero-order chi connectivity index (χ0) is 18.5. The fourth-order valence-electron chi connectivity index (χ4n) is 2.15.